The number of nitrogens with zero attached hydrogens (tertiary/aromatic N) is 3. The summed E-state index contributed by atoms with van der Waals surface area (Å²) < 4.78 is 22.5. The van der Waals surface area contributed by atoms with E-state index in [2.05, 4.69) is 15.0 Å². The number of benzene rings is 1. The average molecular weight is 466 g/mol. The van der Waals surface area contributed by atoms with Gasteiger partial charge in [0, 0.05) is 30.5 Å². The molecule has 0 saturated heterocycles. The van der Waals surface area contributed by atoms with E-state index in [1.54, 1.807) is 14.2 Å². The number of aryl methyl sites for hydroxylation is 1. The van der Waals surface area contributed by atoms with Gasteiger partial charge in [0.25, 0.3) is 0 Å². The van der Waals surface area contributed by atoms with Crippen molar-refractivity contribution in [3.05, 3.63) is 29.0 Å². The summed E-state index contributed by atoms with van der Waals surface area (Å²) in [5.74, 6) is 0.234. The van der Waals surface area contributed by atoms with E-state index in [1.165, 1.54) is 29.4 Å². The smallest absolute Gasteiger partial charge is 0.308 e. The van der Waals surface area contributed by atoms with Crippen molar-refractivity contribution in [3.63, 3.8) is 0 Å². The van der Waals surface area contributed by atoms with Gasteiger partial charge in [-0.05, 0) is 24.8 Å². The summed E-state index contributed by atoms with van der Waals surface area (Å²) in [6.45, 7) is 3.43. The summed E-state index contributed by atoms with van der Waals surface area (Å²) >= 11 is 2.72. The summed E-state index contributed by atoms with van der Waals surface area (Å²) in [5, 5.41) is 10.5. The first-order valence-electron chi connectivity index (χ1n) is 9.40. The van der Waals surface area contributed by atoms with Crippen molar-refractivity contribution in [2.24, 2.45) is 0 Å². The molecule has 0 radical (unpaired) electrons. The van der Waals surface area contributed by atoms with Gasteiger partial charge < -0.3 is 24.1 Å². The quantitative estimate of drug-likeness (QED) is 0.316. The minimum absolute atomic E-state index is 0.0474. The van der Waals surface area contributed by atoms with E-state index in [4.69, 9.17) is 24.1 Å². The molecule has 0 amide bonds. The second-order valence-electron chi connectivity index (χ2n) is 6.34. The Bertz CT molecular complexity index is 1040. The monoisotopic (exact) mass is 465 g/mol. The lowest BCUT2D eigenvalue weighted by Crippen LogP contribution is -2.08. The molecule has 0 atom stereocenters. The standard InChI is InChI=1S/C20H23N3O6S2/c1-12-17(10-18(24)25)30-20(23-12)31-19-13-8-15(28-6-4-26-2)16(29-7-5-27-3)9-14(13)21-11-22-19/h8-9,11H,4-7,10H2,1-3H3,(H,24,25). The molecule has 0 aliphatic heterocycles. The molecule has 11 heteroatoms. The molecule has 0 saturated carbocycles. The fourth-order valence-corrected chi connectivity index (χ4v) is 4.86. The maximum atomic E-state index is 11.0. The number of hydrogen-bond donors (Lipinski definition) is 1. The Balaban J connectivity index is 1.93. The number of methoxy groups -OCH3 is 2. The van der Waals surface area contributed by atoms with Gasteiger partial charge in [0.15, 0.2) is 15.8 Å². The third-order valence-corrected chi connectivity index (χ3v) is 6.36. The number of carboxylic acid groups (broad SMARTS) is 1. The number of ether oxygens (including phenoxy) is 4. The molecule has 0 unspecified atom stereocenters. The Morgan fingerprint density at radius 1 is 1.06 bits per heavy atom. The molecule has 2 heterocycles. The number of aromatic nitrogens is 3. The number of carbonyl (C=O) groups is 1. The van der Waals surface area contributed by atoms with E-state index < -0.39 is 5.97 Å². The second-order valence-corrected chi connectivity index (χ2v) is 8.66. The van der Waals surface area contributed by atoms with Crippen molar-refractivity contribution in [3.8, 4) is 11.5 Å². The van der Waals surface area contributed by atoms with E-state index in [-0.39, 0.29) is 6.42 Å². The predicted molar refractivity (Wildman–Crippen MR) is 117 cm³/mol. The molecule has 3 aromatic rings. The maximum absolute atomic E-state index is 11.0. The van der Waals surface area contributed by atoms with Crippen molar-refractivity contribution in [2.45, 2.75) is 22.7 Å². The number of rotatable bonds is 12. The van der Waals surface area contributed by atoms with E-state index in [1.807, 2.05) is 19.1 Å². The zero-order valence-electron chi connectivity index (χ0n) is 17.4. The van der Waals surface area contributed by atoms with Crippen LogP contribution >= 0.6 is 23.1 Å². The normalized spacial score (nSPS) is 11.1. The second kappa shape index (κ2) is 11.2. The van der Waals surface area contributed by atoms with Crippen LogP contribution in [0.15, 0.2) is 27.8 Å². The molecule has 2 aromatic heterocycles. The van der Waals surface area contributed by atoms with Crippen molar-refractivity contribution in [2.75, 3.05) is 40.6 Å². The molecule has 1 N–H and O–H groups in total. The van der Waals surface area contributed by atoms with Gasteiger partial charge in [-0.3, -0.25) is 4.79 Å². The largest absolute Gasteiger partial charge is 0.487 e. The highest BCUT2D eigenvalue weighted by Crippen LogP contribution is 2.39. The van der Waals surface area contributed by atoms with Crippen LogP contribution < -0.4 is 9.47 Å². The van der Waals surface area contributed by atoms with E-state index in [0.717, 1.165) is 14.6 Å². The van der Waals surface area contributed by atoms with Crippen LogP contribution in [0.4, 0.5) is 0 Å². The first-order valence-corrected chi connectivity index (χ1v) is 11.0. The van der Waals surface area contributed by atoms with Crippen molar-refractivity contribution < 1.29 is 28.8 Å². The SMILES string of the molecule is COCCOc1cc2ncnc(Sc3nc(C)c(CC(=O)O)s3)c2cc1OCCOC. The molecule has 0 fully saturated rings. The highest BCUT2D eigenvalue weighted by atomic mass is 32.2. The van der Waals surface area contributed by atoms with Crippen LogP contribution in [0, 0.1) is 6.92 Å². The molecular formula is C20H23N3O6S2. The van der Waals surface area contributed by atoms with Crippen LogP contribution in [0.3, 0.4) is 0 Å². The first-order chi connectivity index (χ1) is 15.0. The molecular weight excluding hydrogens is 442 g/mol. The van der Waals surface area contributed by atoms with Crippen LogP contribution in [-0.2, 0) is 20.7 Å². The third-order valence-electron chi connectivity index (χ3n) is 4.12. The number of fused-ring (bicyclic) bond motifs is 1. The van der Waals surface area contributed by atoms with Gasteiger partial charge in [-0.15, -0.1) is 11.3 Å². The first kappa shape index (κ1) is 23.2. The van der Waals surface area contributed by atoms with Gasteiger partial charge in [0.2, 0.25) is 0 Å². The number of carboxylic acids is 1. The highest BCUT2D eigenvalue weighted by molar-refractivity contribution is 8.01. The van der Waals surface area contributed by atoms with Crippen LogP contribution in [0.2, 0.25) is 0 Å². The van der Waals surface area contributed by atoms with Crippen molar-refractivity contribution >= 4 is 40.0 Å². The Labute approximate surface area is 187 Å². The predicted octanol–water partition coefficient (Wildman–Crippen LogP) is 3.22. The van der Waals surface area contributed by atoms with E-state index in [0.29, 0.717) is 54.2 Å². The molecule has 31 heavy (non-hydrogen) atoms. The lowest BCUT2D eigenvalue weighted by Gasteiger charge is -2.14. The van der Waals surface area contributed by atoms with E-state index in [9.17, 15) is 4.79 Å². The van der Waals surface area contributed by atoms with Crippen molar-refractivity contribution in [1.29, 1.82) is 0 Å². The third kappa shape index (κ3) is 6.26. The molecule has 9 nitrogen and oxygen atoms in total. The van der Waals surface area contributed by atoms with Gasteiger partial charge in [-0.1, -0.05) is 0 Å². The molecule has 0 bridgehead atoms. The Morgan fingerprint density at radius 3 is 2.39 bits per heavy atom. The summed E-state index contributed by atoms with van der Waals surface area (Å²) in [5.41, 5.74) is 1.41. The van der Waals surface area contributed by atoms with Crippen molar-refractivity contribution in [1.82, 2.24) is 15.0 Å². The van der Waals surface area contributed by atoms with Crippen LogP contribution in [0.5, 0.6) is 11.5 Å². The fourth-order valence-electron chi connectivity index (χ4n) is 2.65. The lowest BCUT2D eigenvalue weighted by molar-refractivity contribution is -0.136. The molecule has 1 aromatic carbocycles. The highest BCUT2D eigenvalue weighted by Gasteiger charge is 2.16. The molecule has 166 valence electrons. The van der Waals surface area contributed by atoms with Crippen LogP contribution in [-0.4, -0.2) is 66.7 Å². The topological polar surface area (TPSA) is 113 Å². The zero-order chi connectivity index (χ0) is 22.2. The van der Waals surface area contributed by atoms with Gasteiger partial charge in [-0.2, -0.15) is 0 Å². The summed E-state index contributed by atoms with van der Waals surface area (Å²) in [4.78, 5) is 25.0. The lowest BCUT2D eigenvalue weighted by atomic mass is 10.2. The van der Waals surface area contributed by atoms with Gasteiger partial charge in [-0.25, -0.2) is 15.0 Å². The minimum atomic E-state index is -0.880. The minimum Gasteiger partial charge on any atom is -0.487 e. The Morgan fingerprint density at radius 2 is 1.74 bits per heavy atom. The number of hydrogen-bond acceptors (Lipinski definition) is 10. The van der Waals surface area contributed by atoms with Gasteiger partial charge in [0.1, 0.15) is 24.6 Å². The average Bonchev–Trinajstić information content (AvgIpc) is 3.07. The molecule has 0 spiro atoms. The Kier molecular flexibility index (Phi) is 8.41. The Hall–Kier alpha value is -2.47. The summed E-state index contributed by atoms with van der Waals surface area (Å²) in [6.07, 6.45) is 1.43. The van der Waals surface area contributed by atoms with Gasteiger partial charge >= 0.3 is 5.97 Å². The number of thiazole rings is 1. The van der Waals surface area contributed by atoms with Gasteiger partial charge in [0.05, 0.1) is 30.8 Å². The fraction of sp³-hybridized carbons (Fsp3) is 0.400. The van der Waals surface area contributed by atoms with Crippen LogP contribution in [0.25, 0.3) is 10.9 Å². The van der Waals surface area contributed by atoms with E-state index >= 15 is 0 Å². The van der Waals surface area contributed by atoms with Crippen LogP contribution in [0.1, 0.15) is 10.6 Å². The maximum Gasteiger partial charge on any atom is 0.308 e. The summed E-state index contributed by atoms with van der Waals surface area (Å²) in [7, 11) is 3.22. The zero-order valence-corrected chi connectivity index (χ0v) is 19.0. The molecule has 0 aliphatic carbocycles. The summed E-state index contributed by atoms with van der Waals surface area (Å²) in [6, 6.07) is 3.65. The molecule has 3 rings (SSSR count). The number of aliphatic carboxylic acids is 1. The molecule has 0 aliphatic rings.